The Labute approximate surface area is 216 Å². The average molecular weight is 483 g/mol. The second-order valence-electron chi connectivity index (χ2n) is 15.4. The van der Waals surface area contributed by atoms with Crippen LogP contribution in [0.2, 0.25) is 0 Å². The predicted molar refractivity (Wildman–Crippen MR) is 145 cm³/mol. The summed E-state index contributed by atoms with van der Waals surface area (Å²) >= 11 is 0. The van der Waals surface area contributed by atoms with Crippen molar-refractivity contribution in [2.75, 3.05) is 0 Å². The van der Waals surface area contributed by atoms with Gasteiger partial charge in [-0.15, -0.1) is 0 Å². The van der Waals surface area contributed by atoms with Crippen LogP contribution in [0.3, 0.4) is 0 Å². The first kappa shape index (κ1) is 25.8. The summed E-state index contributed by atoms with van der Waals surface area (Å²) in [6.45, 7) is 23.4. The summed E-state index contributed by atoms with van der Waals surface area (Å²) in [6.07, 6.45) is 15.0. The molecule has 0 amide bonds. The molecule has 5 rings (SSSR count). The van der Waals surface area contributed by atoms with Gasteiger partial charge in [-0.2, -0.15) is 0 Å². The van der Waals surface area contributed by atoms with E-state index in [4.69, 9.17) is 4.74 Å². The molecule has 0 aliphatic heterocycles. The number of ether oxygens (including phenoxy) is 1. The normalized spacial score (nSPS) is 48.3. The molecule has 0 radical (unpaired) electrons. The van der Waals surface area contributed by atoms with Crippen LogP contribution in [-0.2, 0) is 9.53 Å². The number of carbonyl (C=O) groups excluding carboxylic acids is 1. The molecule has 0 bridgehead atoms. The molecule has 0 saturated heterocycles. The third-order valence-electron chi connectivity index (χ3n) is 13.8. The van der Waals surface area contributed by atoms with Gasteiger partial charge in [-0.05, 0) is 122 Å². The zero-order valence-corrected chi connectivity index (χ0v) is 24.3. The molecule has 5 saturated carbocycles. The summed E-state index contributed by atoms with van der Waals surface area (Å²) in [6, 6.07) is 0. The van der Waals surface area contributed by atoms with E-state index in [0.29, 0.717) is 27.6 Å². The minimum absolute atomic E-state index is 0.0951. The van der Waals surface area contributed by atoms with Crippen molar-refractivity contribution in [3.05, 3.63) is 12.2 Å². The van der Waals surface area contributed by atoms with E-state index in [9.17, 15) is 4.79 Å². The second-order valence-corrected chi connectivity index (χ2v) is 15.4. The van der Waals surface area contributed by atoms with Gasteiger partial charge in [0, 0.05) is 12.3 Å². The zero-order valence-electron chi connectivity index (χ0n) is 24.3. The zero-order chi connectivity index (χ0) is 25.6. The molecule has 9 atom stereocenters. The standard InChI is InChI=1S/C33H54O2/c1-21(2)22(3)10-11-23(4)25-14-16-31(9)27-13-12-26-29(6,7)28(35-24(5)34)15-17-32(26)20-33(27,32)19-18-30(25,31)8/h21,23,25-28H,3,10-20H2,1-2,4-9H3/t23-,25-,26-,27+,28-,30-,31+,32-,33+/m1/s1. The Morgan fingerprint density at radius 1 is 0.886 bits per heavy atom. The highest BCUT2D eigenvalue weighted by Gasteiger charge is 2.82. The first-order chi connectivity index (χ1) is 16.3. The van der Waals surface area contributed by atoms with Crippen molar-refractivity contribution < 1.29 is 9.53 Å². The number of esters is 1. The van der Waals surface area contributed by atoms with Crippen LogP contribution >= 0.6 is 0 Å². The van der Waals surface area contributed by atoms with Crippen LogP contribution in [0.15, 0.2) is 12.2 Å². The van der Waals surface area contributed by atoms with Crippen molar-refractivity contribution in [3.8, 4) is 0 Å². The number of allylic oxidation sites excluding steroid dienone is 1. The Balaban J connectivity index is 1.37. The number of fused-ring (bicyclic) bond motifs is 2. The van der Waals surface area contributed by atoms with Crippen LogP contribution in [0.25, 0.3) is 0 Å². The lowest BCUT2D eigenvalue weighted by atomic mass is 9.41. The van der Waals surface area contributed by atoms with E-state index < -0.39 is 0 Å². The molecule has 0 unspecified atom stereocenters. The highest BCUT2D eigenvalue weighted by molar-refractivity contribution is 5.66. The van der Waals surface area contributed by atoms with E-state index in [1.807, 2.05) is 0 Å². The molecule has 2 nitrogen and oxygen atoms in total. The maximum Gasteiger partial charge on any atom is 0.302 e. The Bertz CT molecular complexity index is 886. The third kappa shape index (κ3) is 3.35. The molecule has 5 aliphatic carbocycles. The van der Waals surface area contributed by atoms with Gasteiger partial charge in [-0.25, -0.2) is 0 Å². The van der Waals surface area contributed by atoms with E-state index in [1.165, 1.54) is 69.8 Å². The van der Waals surface area contributed by atoms with Crippen LogP contribution < -0.4 is 0 Å². The lowest BCUT2D eigenvalue weighted by Gasteiger charge is -2.63. The Kier molecular flexibility index (Phi) is 5.98. The fourth-order valence-corrected chi connectivity index (χ4v) is 11.6. The SMILES string of the molecule is C=C(CC[C@@H](C)[C@H]1CC[C@@]2(C)[C@@H]3CC[C@@H]4C(C)(C)[C@H](OC(C)=O)CC[C@@]45C[C@@]35CC[C@]12C)C(C)C. The molecule has 0 N–H and O–H groups in total. The maximum absolute atomic E-state index is 11.9. The lowest BCUT2D eigenvalue weighted by Crippen LogP contribution is -2.58. The van der Waals surface area contributed by atoms with Crippen molar-refractivity contribution in [3.63, 3.8) is 0 Å². The molecule has 5 aliphatic rings. The van der Waals surface area contributed by atoms with Gasteiger partial charge in [0.05, 0.1) is 0 Å². The molecule has 5 fully saturated rings. The van der Waals surface area contributed by atoms with Crippen molar-refractivity contribution in [2.45, 2.75) is 132 Å². The molecule has 2 heteroatoms. The summed E-state index contributed by atoms with van der Waals surface area (Å²) in [4.78, 5) is 11.9. The largest absolute Gasteiger partial charge is 0.462 e. The van der Waals surface area contributed by atoms with Gasteiger partial charge in [0.25, 0.3) is 0 Å². The number of rotatable bonds is 6. The lowest BCUT2D eigenvalue weighted by molar-refractivity contribution is -0.181. The van der Waals surface area contributed by atoms with Gasteiger partial charge in [-0.1, -0.05) is 60.6 Å². The van der Waals surface area contributed by atoms with Gasteiger partial charge < -0.3 is 4.74 Å². The van der Waals surface area contributed by atoms with Crippen LogP contribution in [-0.4, -0.2) is 12.1 Å². The predicted octanol–water partition coefficient (Wildman–Crippen LogP) is 8.99. The third-order valence-corrected chi connectivity index (χ3v) is 13.8. The van der Waals surface area contributed by atoms with Gasteiger partial charge >= 0.3 is 5.97 Å². The highest BCUT2D eigenvalue weighted by atomic mass is 16.5. The summed E-state index contributed by atoms with van der Waals surface area (Å²) in [5, 5.41) is 0. The molecule has 0 heterocycles. The minimum atomic E-state index is -0.0951. The summed E-state index contributed by atoms with van der Waals surface area (Å²) in [5.41, 5.74) is 3.63. The van der Waals surface area contributed by atoms with Gasteiger partial charge in [-0.3, -0.25) is 4.79 Å². The molecular formula is C33H54O2. The van der Waals surface area contributed by atoms with E-state index in [1.54, 1.807) is 6.92 Å². The fourth-order valence-electron chi connectivity index (χ4n) is 11.6. The number of hydrogen-bond donors (Lipinski definition) is 0. The molecular weight excluding hydrogens is 428 g/mol. The summed E-state index contributed by atoms with van der Waals surface area (Å²) in [5.74, 6) is 3.80. The summed E-state index contributed by atoms with van der Waals surface area (Å²) in [7, 11) is 0. The Morgan fingerprint density at radius 2 is 1.54 bits per heavy atom. The molecule has 0 aromatic heterocycles. The van der Waals surface area contributed by atoms with E-state index >= 15 is 0 Å². The second kappa shape index (κ2) is 8.10. The average Bonchev–Trinajstić information content (AvgIpc) is 3.36. The van der Waals surface area contributed by atoms with Crippen LogP contribution in [0.5, 0.6) is 0 Å². The quantitative estimate of drug-likeness (QED) is 0.279. The van der Waals surface area contributed by atoms with Crippen molar-refractivity contribution in [1.29, 1.82) is 0 Å². The van der Waals surface area contributed by atoms with Crippen LogP contribution in [0.4, 0.5) is 0 Å². The summed E-state index contributed by atoms with van der Waals surface area (Å²) < 4.78 is 5.91. The topological polar surface area (TPSA) is 26.3 Å². The molecule has 0 aromatic rings. The molecule has 0 aromatic carbocycles. The van der Waals surface area contributed by atoms with Crippen LogP contribution in [0, 0.1) is 56.7 Å². The maximum atomic E-state index is 11.9. The van der Waals surface area contributed by atoms with E-state index in [2.05, 4.69) is 55.0 Å². The van der Waals surface area contributed by atoms with Gasteiger partial charge in [0.15, 0.2) is 0 Å². The Hall–Kier alpha value is -0.790. The number of hydrogen-bond acceptors (Lipinski definition) is 2. The van der Waals surface area contributed by atoms with Crippen molar-refractivity contribution >= 4 is 5.97 Å². The molecule has 35 heavy (non-hydrogen) atoms. The van der Waals surface area contributed by atoms with Crippen molar-refractivity contribution in [2.24, 2.45) is 56.7 Å². The fraction of sp³-hybridized carbons (Fsp3) is 0.909. The van der Waals surface area contributed by atoms with Crippen LogP contribution in [0.1, 0.15) is 126 Å². The first-order valence-corrected chi connectivity index (χ1v) is 15.1. The Morgan fingerprint density at radius 3 is 2.20 bits per heavy atom. The van der Waals surface area contributed by atoms with Crippen molar-refractivity contribution in [1.82, 2.24) is 0 Å². The molecule has 198 valence electrons. The monoisotopic (exact) mass is 482 g/mol. The first-order valence-electron chi connectivity index (χ1n) is 15.1. The van der Waals surface area contributed by atoms with E-state index in [0.717, 1.165) is 30.1 Å². The van der Waals surface area contributed by atoms with Gasteiger partial charge in [0.1, 0.15) is 6.10 Å². The minimum Gasteiger partial charge on any atom is -0.462 e. The number of carbonyl (C=O) groups is 1. The highest BCUT2D eigenvalue weighted by Crippen LogP contribution is 2.89. The van der Waals surface area contributed by atoms with Gasteiger partial charge in [0.2, 0.25) is 0 Å². The van der Waals surface area contributed by atoms with E-state index in [-0.39, 0.29) is 17.5 Å². The molecule has 2 spiro atoms. The smallest absolute Gasteiger partial charge is 0.302 e.